The summed E-state index contributed by atoms with van der Waals surface area (Å²) in [6, 6.07) is 0. The van der Waals surface area contributed by atoms with E-state index in [0.29, 0.717) is 17.4 Å². The topological polar surface area (TPSA) is 34.1 Å². The number of halogens is 1. The smallest absolute Gasteiger partial charge is 0.150 e. The van der Waals surface area contributed by atoms with Crippen molar-refractivity contribution < 1.29 is 8.42 Å². The van der Waals surface area contributed by atoms with Gasteiger partial charge in [0.15, 0.2) is 9.84 Å². The maximum absolute atomic E-state index is 11.4. The molecule has 0 aliphatic carbocycles. The van der Waals surface area contributed by atoms with E-state index in [4.69, 9.17) is 0 Å². The number of rotatable bonds is 4. The van der Waals surface area contributed by atoms with E-state index >= 15 is 0 Å². The van der Waals surface area contributed by atoms with Crippen molar-refractivity contribution in [2.75, 3.05) is 16.8 Å². The quantitative estimate of drug-likeness (QED) is 0.743. The summed E-state index contributed by atoms with van der Waals surface area (Å²) >= 11 is 3.53. The fourth-order valence-corrected chi connectivity index (χ4v) is 5.03. The molecule has 0 radical (unpaired) electrons. The molecule has 1 aliphatic rings. The fraction of sp³-hybridized carbons (Fsp3) is 1.00. The van der Waals surface area contributed by atoms with E-state index < -0.39 is 9.84 Å². The molecule has 14 heavy (non-hydrogen) atoms. The van der Waals surface area contributed by atoms with Gasteiger partial charge >= 0.3 is 0 Å². The maximum Gasteiger partial charge on any atom is 0.150 e. The van der Waals surface area contributed by atoms with Crippen molar-refractivity contribution in [3.63, 3.8) is 0 Å². The largest absolute Gasteiger partial charge is 0.229 e. The molecule has 2 atom stereocenters. The minimum absolute atomic E-state index is 0.165. The van der Waals surface area contributed by atoms with E-state index in [1.165, 1.54) is 0 Å². The first kappa shape index (κ1) is 12.5. The minimum Gasteiger partial charge on any atom is -0.229 e. The van der Waals surface area contributed by atoms with Crippen LogP contribution in [-0.2, 0) is 9.84 Å². The maximum atomic E-state index is 11.4. The Kier molecular flexibility index (Phi) is 4.03. The monoisotopic (exact) mass is 282 g/mol. The first-order valence-corrected chi connectivity index (χ1v) is 8.14. The Morgan fingerprint density at radius 1 is 1.50 bits per heavy atom. The van der Waals surface area contributed by atoms with Gasteiger partial charge in [-0.1, -0.05) is 36.2 Å². The molecular weight excluding hydrogens is 264 g/mol. The molecule has 1 rings (SSSR count). The molecule has 1 saturated heterocycles. The molecule has 2 nitrogen and oxygen atoms in total. The third-order valence-electron chi connectivity index (χ3n) is 3.34. The second-order valence-electron chi connectivity index (χ2n) is 4.64. The Balaban J connectivity index is 2.72. The van der Waals surface area contributed by atoms with Crippen LogP contribution in [0.25, 0.3) is 0 Å². The molecule has 0 N–H and O–H groups in total. The molecule has 1 fully saturated rings. The lowest BCUT2D eigenvalue weighted by Gasteiger charge is -2.33. The van der Waals surface area contributed by atoms with Gasteiger partial charge in [0, 0.05) is 5.33 Å². The summed E-state index contributed by atoms with van der Waals surface area (Å²) in [7, 11) is -2.73. The van der Waals surface area contributed by atoms with Crippen LogP contribution in [-0.4, -0.2) is 25.3 Å². The molecule has 0 aromatic heterocycles. The molecule has 1 heterocycles. The average Bonchev–Trinajstić information content (AvgIpc) is 2.47. The van der Waals surface area contributed by atoms with Crippen LogP contribution < -0.4 is 0 Å². The second-order valence-corrected chi connectivity index (χ2v) is 7.43. The molecule has 0 bridgehead atoms. The predicted octanol–water partition coefficient (Wildman–Crippen LogP) is 2.62. The van der Waals surface area contributed by atoms with Gasteiger partial charge in [0.1, 0.15) is 0 Å². The standard InChI is InChI=1S/C10H19BrO2S/c1-3-5-10(2,8-11)9-4-6-14(12,13)7-9/h9H,3-8H2,1-2H3. The summed E-state index contributed by atoms with van der Waals surface area (Å²) < 4.78 is 22.8. The summed E-state index contributed by atoms with van der Waals surface area (Å²) in [4.78, 5) is 0. The van der Waals surface area contributed by atoms with E-state index in [1.807, 2.05) is 0 Å². The highest BCUT2D eigenvalue weighted by Gasteiger charge is 2.40. The van der Waals surface area contributed by atoms with Gasteiger partial charge in [-0.25, -0.2) is 8.42 Å². The molecule has 1 aliphatic heterocycles. The Bertz CT molecular complexity index is 286. The van der Waals surface area contributed by atoms with Gasteiger partial charge in [0.2, 0.25) is 0 Å². The summed E-state index contributed by atoms with van der Waals surface area (Å²) in [5.74, 6) is 1.14. The zero-order chi connectivity index (χ0) is 10.8. The number of sulfone groups is 1. The average molecular weight is 283 g/mol. The highest BCUT2D eigenvalue weighted by molar-refractivity contribution is 9.09. The van der Waals surface area contributed by atoms with Crippen LogP contribution in [0.4, 0.5) is 0 Å². The molecule has 0 amide bonds. The Hall–Kier alpha value is 0.430. The third kappa shape index (κ3) is 2.72. The number of hydrogen-bond donors (Lipinski definition) is 0. The van der Waals surface area contributed by atoms with Crippen molar-refractivity contribution in [1.29, 1.82) is 0 Å². The highest BCUT2D eigenvalue weighted by Crippen LogP contribution is 2.40. The minimum atomic E-state index is -2.73. The number of hydrogen-bond acceptors (Lipinski definition) is 2. The van der Waals surface area contributed by atoms with E-state index in [-0.39, 0.29) is 5.41 Å². The van der Waals surface area contributed by atoms with Gasteiger partial charge in [-0.2, -0.15) is 0 Å². The van der Waals surface area contributed by atoms with E-state index in [1.54, 1.807) is 0 Å². The van der Waals surface area contributed by atoms with Crippen molar-refractivity contribution in [1.82, 2.24) is 0 Å². The lowest BCUT2D eigenvalue weighted by molar-refractivity contribution is 0.224. The molecule has 0 aromatic carbocycles. The Labute approximate surface area is 95.5 Å². The van der Waals surface area contributed by atoms with Crippen molar-refractivity contribution in [2.45, 2.75) is 33.1 Å². The molecule has 0 saturated carbocycles. The molecule has 2 unspecified atom stereocenters. The Morgan fingerprint density at radius 2 is 2.14 bits per heavy atom. The van der Waals surface area contributed by atoms with Crippen LogP contribution in [0.5, 0.6) is 0 Å². The Morgan fingerprint density at radius 3 is 2.50 bits per heavy atom. The van der Waals surface area contributed by atoms with E-state index in [0.717, 1.165) is 24.6 Å². The van der Waals surface area contributed by atoms with Gasteiger partial charge in [-0.05, 0) is 24.2 Å². The van der Waals surface area contributed by atoms with Gasteiger partial charge in [-0.3, -0.25) is 0 Å². The SMILES string of the molecule is CCCC(C)(CBr)C1CCS(=O)(=O)C1. The first-order valence-electron chi connectivity index (χ1n) is 5.20. The summed E-state index contributed by atoms with van der Waals surface area (Å²) in [5, 5.41) is 0.911. The van der Waals surface area contributed by atoms with Crippen molar-refractivity contribution >= 4 is 25.8 Å². The molecule has 0 spiro atoms. The number of alkyl halides is 1. The summed E-state index contributed by atoms with van der Waals surface area (Å²) in [5.41, 5.74) is 0.165. The first-order chi connectivity index (χ1) is 6.43. The zero-order valence-electron chi connectivity index (χ0n) is 8.92. The van der Waals surface area contributed by atoms with Gasteiger partial charge < -0.3 is 0 Å². The van der Waals surface area contributed by atoms with Gasteiger partial charge in [0.05, 0.1) is 11.5 Å². The van der Waals surface area contributed by atoms with Crippen molar-refractivity contribution in [3.05, 3.63) is 0 Å². The van der Waals surface area contributed by atoms with E-state index in [9.17, 15) is 8.42 Å². The molecular formula is C10H19BrO2S. The highest BCUT2D eigenvalue weighted by atomic mass is 79.9. The van der Waals surface area contributed by atoms with Crippen molar-refractivity contribution in [3.8, 4) is 0 Å². The van der Waals surface area contributed by atoms with Crippen molar-refractivity contribution in [2.24, 2.45) is 11.3 Å². The van der Waals surface area contributed by atoms with E-state index in [2.05, 4.69) is 29.8 Å². The lowest BCUT2D eigenvalue weighted by Crippen LogP contribution is -2.30. The lowest BCUT2D eigenvalue weighted by atomic mass is 9.75. The fourth-order valence-electron chi connectivity index (χ4n) is 2.30. The molecule has 4 heteroatoms. The van der Waals surface area contributed by atoms with Crippen LogP contribution in [0.2, 0.25) is 0 Å². The molecule has 84 valence electrons. The van der Waals surface area contributed by atoms with Crippen LogP contribution in [0.15, 0.2) is 0 Å². The second kappa shape index (κ2) is 4.52. The van der Waals surface area contributed by atoms with Gasteiger partial charge in [-0.15, -0.1) is 0 Å². The van der Waals surface area contributed by atoms with Crippen LogP contribution in [0, 0.1) is 11.3 Å². The molecule has 0 aromatic rings. The zero-order valence-corrected chi connectivity index (χ0v) is 11.3. The normalized spacial score (nSPS) is 30.1. The van der Waals surface area contributed by atoms with Crippen LogP contribution in [0.1, 0.15) is 33.1 Å². The third-order valence-corrected chi connectivity index (χ3v) is 6.39. The predicted molar refractivity (Wildman–Crippen MR) is 63.6 cm³/mol. The van der Waals surface area contributed by atoms with Gasteiger partial charge in [0.25, 0.3) is 0 Å². The summed E-state index contributed by atoms with van der Waals surface area (Å²) in [6.07, 6.45) is 3.08. The summed E-state index contributed by atoms with van der Waals surface area (Å²) in [6.45, 7) is 4.36. The van der Waals surface area contributed by atoms with Crippen LogP contribution in [0.3, 0.4) is 0 Å². The van der Waals surface area contributed by atoms with Crippen LogP contribution >= 0.6 is 15.9 Å².